The van der Waals surface area contributed by atoms with Gasteiger partial charge >= 0.3 is 0 Å². The van der Waals surface area contributed by atoms with Crippen LogP contribution in [-0.2, 0) is 6.61 Å². The van der Waals surface area contributed by atoms with E-state index in [-0.39, 0.29) is 5.92 Å². The van der Waals surface area contributed by atoms with E-state index in [2.05, 4.69) is 6.58 Å². The predicted octanol–water partition coefficient (Wildman–Crippen LogP) is 3.58. The van der Waals surface area contributed by atoms with E-state index in [4.69, 9.17) is 4.74 Å². The van der Waals surface area contributed by atoms with Crippen molar-refractivity contribution in [3.63, 3.8) is 0 Å². The third-order valence-electron chi connectivity index (χ3n) is 3.59. The molecule has 0 amide bonds. The molecule has 0 radical (unpaired) electrons. The van der Waals surface area contributed by atoms with E-state index in [1.165, 1.54) is 0 Å². The number of hydrogen-bond acceptors (Lipinski definition) is 2. The molecule has 0 saturated carbocycles. The fourth-order valence-electron chi connectivity index (χ4n) is 2.54. The topological polar surface area (TPSA) is 29.5 Å². The SMILES string of the molecule is C=C[C@H]1c2cccc(OCc3ccccc3)c2[C@@H]1O. The molecule has 0 spiro atoms. The smallest absolute Gasteiger partial charge is 0.125 e. The van der Waals surface area contributed by atoms with Gasteiger partial charge in [0.2, 0.25) is 0 Å². The molecule has 0 aromatic heterocycles. The molecule has 2 aromatic rings. The van der Waals surface area contributed by atoms with E-state index in [0.29, 0.717) is 6.61 Å². The third kappa shape index (κ3) is 2.04. The molecular weight excluding hydrogens is 236 g/mol. The molecule has 0 saturated heterocycles. The van der Waals surface area contributed by atoms with Gasteiger partial charge in [-0.15, -0.1) is 6.58 Å². The maximum atomic E-state index is 10.1. The maximum absolute atomic E-state index is 10.1. The van der Waals surface area contributed by atoms with Gasteiger partial charge in [-0.1, -0.05) is 48.5 Å². The number of aliphatic hydroxyl groups excluding tert-OH is 1. The number of aliphatic hydroxyl groups is 1. The van der Waals surface area contributed by atoms with Gasteiger partial charge in [0.05, 0.1) is 6.10 Å². The number of rotatable bonds is 4. The fraction of sp³-hybridized carbons (Fsp3) is 0.176. The standard InChI is InChI=1S/C17H16O2/c1-2-13-14-9-6-10-15(16(14)17(13)18)19-11-12-7-4-3-5-8-12/h2-10,13,17-18H,1,11H2/t13-,17+/m0/s1. The van der Waals surface area contributed by atoms with Crippen molar-refractivity contribution >= 4 is 0 Å². The summed E-state index contributed by atoms with van der Waals surface area (Å²) in [5.74, 6) is 0.808. The second-order valence-electron chi connectivity index (χ2n) is 4.74. The Balaban J connectivity index is 1.80. The summed E-state index contributed by atoms with van der Waals surface area (Å²) in [6.45, 7) is 4.27. The molecule has 0 fully saturated rings. The van der Waals surface area contributed by atoms with E-state index >= 15 is 0 Å². The highest BCUT2D eigenvalue weighted by Gasteiger charge is 2.36. The second-order valence-corrected chi connectivity index (χ2v) is 4.74. The molecule has 2 aromatic carbocycles. The Morgan fingerprint density at radius 2 is 1.89 bits per heavy atom. The number of fused-ring (bicyclic) bond motifs is 1. The molecule has 0 unspecified atom stereocenters. The van der Waals surface area contributed by atoms with Crippen LogP contribution in [0.1, 0.15) is 28.7 Å². The Kier molecular flexibility index (Phi) is 3.10. The van der Waals surface area contributed by atoms with Crippen molar-refractivity contribution in [3.8, 4) is 5.75 Å². The van der Waals surface area contributed by atoms with Gasteiger partial charge in [-0.2, -0.15) is 0 Å². The zero-order valence-electron chi connectivity index (χ0n) is 10.6. The minimum atomic E-state index is -0.487. The summed E-state index contributed by atoms with van der Waals surface area (Å²) in [6.07, 6.45) is 1.30. The highest BCUT2D eigenvalue weighted by Crippen LogP contribution is 2.49. The molecule has 3 rings (SSSR count). The largest absolute Gasteiger partial charge is 0.489 e. The van der Waals surface area contributed by atoms with Crippen molar-refractivity contribution in [2.24, 2.45) is 0 Å². The fourth-order valence-corrected chi connectivity index (χ4v) is 2.54. The molecular formula is C17H16O2. The molecule has 2 heteroatoms. The summed E-state index contributed by atoms with van der Waals surface area (Å²) in [7, 11) is 0. The monoisotopic (exact) mass is 252 g/mol. The van der Waals surface area contributed by atoms with Crippen molar-refractivity contribution in [1.29, 1.82) is 0 Å². The molecule has 2 nitrogen and oxygen atoms in total. The summed E-state index contributed by atoms with van der Waals surface area (Å²) >= 11 is 0. The predicted molar refractivity (Wildman–Crippen MR) is 75.1 cm³/mol. The molecule has 1 aliphatic rings. The van der Waals surface area contributed by atoms with Crippen LogP contribution >= 0.6 is 0 Å². The van der Waals surface area contributed by atoms with Gasteiger partial charge in [0, 0.05) is 11.5 Å². The molecule has 0 heterocycles. The van der Waals surface area contributed by atoms with Crippen LogP contribution in [0.4, 0.5) is 0 Å². The summed E-state index contributed by atoms with van der Waals surface area (Å²) in [4.78, 5) is 0. The van der Waals surface area contributed by atoms with Gasteiger partial charge in [0.15, 0.2) is 0 Å². The third-order valence-corrected chi connectivity index (χ3v) is 3.59. The van der Waals surface area contributed by atoms with Gasteiger partial charge in [-0.25, -0.2) is 0 Å². The van der Waals surface area contributed by atoms with Gasteiger partial charge in [-0.3, -0.25) is 0 Å². The van der Waals surface area contributed by atoms with Crippen LogP contribution in [-0.4, -0.2) is 5.11 Å². The van der Waals surface area contributed by atoms with E-state index in [1.807, 2.05) is 48.5 Å². The minimum Gasteiger partial charge on any atom is -0.489 e. The second kappa shape index (κ2) is 4.90. The average molecular weight is 252 g/mol. The van der Waals surface area contributed by atoms with E-state index in [1.54, 1.807) is 6.08 Å². The van der Waals surface area contributed by atoms with Crippen molar-refractivity contribution in [3.05, 3.63) is 77.9 Å². The zero-order valence-corrected chi connectivity index (χ0v) is 10.6. The summed E-state index contributed by atoms with van der Waals surface area (Å²) < 4.78 is 5.82. The Labute approximate surface area is 113 Å². The Morgan fingerprint density at radius 1 is 1.11 bits per heavy atom. The van der Waals surface area contributed by atoms with Crippen molar-refractivity contribution in [1.82, 2.24) is 0 Å². The van der Waals surface area contributed by atoms with Gasteiger partial charge in [-0.05, 0) is 17.2 Å². The number of ether oxygens (including phenoxy) is 1. The summed E-state index contributed by atoms with van der Waals surface area (Å²) in [5.41, 5.74) is 3.14. The van der Waals surface area contributed by atoms with Gasteiger partial charge in [0.25, 0.3) is 0 Å². The highest BCUT2D eigenvalue weighted by molar-refractivity contribution is 5.53. The van der Waals surface area contributed by atoms with Crippen LogP contribution in [0.25, 0.3) is 0 Å². The molecule has 2 atom stereocenters. The lowest BCUT2D eigenvalue weighted by Crippen LogP contribution is -2.23. The van der Waals surface area contributed by atoms with Crippen LogP contribution in [0.15, 0.2) is 61.2 Å². The lowest BCUT2D eigenvalue weighted by Gasteiger charge is -2.35. The van der Waals surface area contributed by atoms with E-state index in [0.717, 1.165) is 22.4 Å². The highest BCUT2D eigenvalue weighted by atomic mass is 16.5. The van der Waals surface area contributed by atoms with Crippen molar-refractivity contribution in [2.45, 2.75) is 18.6 Å². The van der Waals surface area contributed by atoms with Crippen molar-refractivity contribution < 1.29 is 9.84 Å². The van der Waals surface area contributed by atoms with Crippen LogP contribution in [0.5, 0.6) is 5.75 Å². The Hall–Kier alpha value is -2.06. The molecule has 1 N–H and O–H groups in total. The molecule has 19 heavy (non-hydrogen) atoms. The molecule has 0 bridgehead atoms. The normalized spacial score (nSPS) is 20.3. The van der Waals surface area contributed by atoms with E-state index < -0.39 is 6.10 Å². The van der Waals surface area contributed by atoms with Crippen molar-refractivity contribution in [2.75, 3.05) is 0 Å². The van der Waals surface area contributed by atoms with E-state index in [9.17, 15) is 5.11 Å². The number of benzene rings is 2. The maximum Gasteiger partial charge on any atom is 0.125 e. The first-order valence-corrected chi connectivity index (χ1v) is 6.41. The molecule has 1 aliphatic carbocycles. The first-order valence-electron chi connectivity index (χ1n) is 6.41. The lowest BCUT2D eigenvalue weighted by molar-refractivity contribution is 0.127. The summed E-state index contributed by atoms with van der Waals surface area (Å²) in [6, 6.07) is 15.9. The lowest BCUT2D eigenvalue weighted by atomic mass is 9.74. The van der Waals surface area contributed by atoms with Crippen LogP contribution in [0, 0.1) is 0 Å². The van der Waals surface area contributed by atoms with Crippen LogP contribution in [0.2, 0.25) is 0 Å². The zero-order chi connectivity index (χ0) is 13.2. The first-order chi connectivity index (χ1) is 9.31. The average Bonchev–Trinajstić information content (AvgIpc) is 2.46. The van der Waals surface area contributed by atoms with Crippen LogP contribution in [0.3, 0.4) is 0 Å². The van der Waals surface area contributed by atoms with Crippen LogP contribution < -0.4 is 4.74 Å². The Morgan fingerprint density at radius 3 is 2.63 bits per heavy atom. The Bertz CT molecular complexity index is 589. The summed E-state index contributed by atoms with van der Waals surface area (Å²) in [5, 5.41) is 10.1. The quantitative estimate of drug-likeness (QED) is 0.843. The molecule has 96 valence electrons. The first kappa shape index (κ1) is 12.0. The van der Waals surface area contributed by atoms with Gasteiger partial charge < -0.3 is 9.84 Å². The van der Waals surface area contributed by atoms with Gasteiger partial charge in [0.1, 0.15) is 12.4 Å². The minimum absolute atomic E-state index is 0.0373. The number of hydrogen-bond donors (Lipinski definition) is 1. The molecule has 0 aliphatic heterocycles.